The molecular weight excluding hydrogens is 350 g/mol. The standard InChI is InChI=1S/C19H20BrN3/c20-16-10-15-6-7-17(13-21-12-14-4-2-1-3-5-14)23-9-8-22-18(11-16)19(15)23/h1-5,8-11,17,21-22H,6-7,12-13H2. The largest absolute Gasteiger partial charge is 0.359 e. The summed E-state index contributed by atoms with van der Waals surface area (Å²) in [5.41, 5.74) is 5.30. The van der Waals surface area contributed by atoms with Gasteiger partial charge in [0, 0.05) is 36.0 Å². The van der Waals surface area contributed by atoms with Crippen molar-refractivity contribution in [3.8, 4) is 0 Å². The predicted octanol–water partition coefficient (Wildman–Crippen LogP) is 4.26. The van der Waals surface area contributed by atoms with Gasteiger partial charge in [0.2, 0.25) is 0 Å². The molecule has 3 nitrogen and oxygen atoms in total. The van der Waals surface area contributed by atoms with Crippen molar-refractivity contribution in [2.24, 2.45) is 0 Å². The van der Waals surface area contributed by atoms with Gasteiger partial charge >= 0.3 is 0 Å². The highest BCUT2D eigenvalue weighted by atomic mass is 79.9. The number of hydrogen-bond donors (Lipinski definition) is 2. The van der Waals surface area contributed by atoms with Crippen molar-refractivity contribution in [2.75, 3.05) is 16.8 Å². The predicted molar refractivity (Wildman–Crippen MR) is 99.6 cm³/mol. The van der Waals surface area contributed by atoms with Gasteiger partial charge in [0.1, 0.15) is 0 Å². The Kier molecular flexibility index (Phi) is 4.10. The summed E-state index contributed by atoms with van der Waals surface area (Å²) < 4.78 is 1.15. The van der Waals surface area contributed by atoms with Crippen molar-refractivity contribution in [2.45, 2.75) is 25.4 Å². The first-order valence-corrected chi connectivity index (χ1v) is 8.89. The molecule has 4 heteroatoms. The quantitative estimate of drug-likeness (QED) is 0.842. The van der Waals surface area contributed by atoms with E-state index in [1.54, 1.807) is 0 Å². The van der Waals surface area contributed by atoms with E-state index < -0.39 is 0 Å². The topological polar surface area (TPSA) is 27.3 Å². The van der Waals surface area contributed by atoms with Gasteiger partial charge in [-0.25, -0.2) is 0 Å². The van der Waals surface area contributed by atoms with E-state index in [0.29, 0.717) is 6.04 Å². The molecule has 0 saturated carbocycles. The second-order valence-electron chi connectivity index (χ2n) is 6.14. The van der Waals surface area contributed by atoms with Crippen LogP contribution in [-0.2, 0) is 13.0 Å². The Balaban J connectivity index is 1.48. The van der Waals surface area contributed by atoms with Crippen LogP contribution in [0.2, 0.25) is 0 Å². The highest BCUT2D eigenvalue weighted by molar-refractivity contribution is 9.10. The molecule has 1 atom stereocenters. The highest BCUT2D eigenvalue weighted by Gasteiger charge is 2.28. The molecule has 2 N–H and O–H groups in total. The smallest absolute Gasteiger partial charge is 0.0682 e. The van der Waals surface area contributed by atoms with Gasteiger partial charge in [-0.15, -0.1) is 0 Å². The third kappa shape index (κ3) is 3.01. The first kappa shape index (κ1) is 14.8. The van der Waals surface area contributed by atoms with Crippen molar-refractivity contribution in [1.29, 1.82) is 0 Å². The fourth-order valence-electron chi connectivity index (χ4n) is 3.49. The van der Waals surface area contributed by atoms with E-state index in [9.17, 15) is 0 Å². The Morgan fingerprint density at radius 1 is 1.22 bits per heavy atom. The number of nitrogens with one attached hydrogen (secondary N) is 2. The maximum atomic E-state index is 3.62. The lowest BCUT2D eigenvalue weighted by molar-refractivity contribution is 0.516. The van der Waals surface area contributed by atoms with Crippen LogP contribution in [0.5, 0.6) is 0 Å². The van der Waals surface area contributed by atoms with Crippen molar-refractivity contribution in [3.05, 3.63) is 70.5 Å². The van der Waals surface area contributed by atoms with E-state index in [1.807, 2.05) is 6.20 Å². The zero-order chi connectivity index (χ0) is 15.6. The summed E-state index contributed by atoms with van der Waals surface area (Å²) in [5, 5.41) is 6.99. The second kappa shape index (κ2) is 6.38. The van der Waals surface area contributed by atoms with Crippen LogP contribution in [-0.4, -0.2) is 12.6 Å². The molecule has 23 heavy (non-hydrogen) atoms. The van der Waals surface area contributed by atoms with E-state index in [4.69, 9.17) is 0 Å². The van der Waals surface area contributed by atoms with E-state index in [-0.39, 0.29) is 0 Å². The fourth-order valence-corrected chi connectivity index (χ4v) is 3.99. The SMILES string of the molecule is Brc1cc2c3c(c1)NC=CN3C(CNCc1ccccc1)CC2. The van der Waals surface area contributed by atoms with Crippen molar-refractivity contribution in [1.82, 2.24) is 5.32 Å². The molecular formula is C19H20BrN3. The minimum absolute atomic E-state index is 0.504. The van der Waals surface area contributed by atoms with Crippen LogP contribution in [0.1, 0.15) is 17.5 Å². The molecule has 2 aromatic carbocycles. The molecule has 0 saturated heterocycles. The summed E-state index contributed by atoms with van der Waals surface area (Å²) in [7, 11) is 0. The summed E-state index contributed by atoms with van der Waals surface area (Å²) in [5.74, 6) is 0. The summed E-state index contributed by atoms with van der Waals surface area (Å²) in [6, 6.07) is 15.5. The van der Waals surface area contributed by atoms with E-state index in [0.717, 1.165) is 24.0 Å². The van der Waals surface area contributed by atoms with Crippen LogP contribution < -0.4 is 15.5 Å². The maximum Gasteiger partial charge on any atom is 0.0682 e. The number of rotatable bonds is 4. The van der Waals surface area contributed by atoms with Gasteiger partial charge in [-0.3, -0.25) is 0 Å². The molecule has 2 aromatic rings. The summed E-state index contributed by atoms with van der Waals surface area (Å²) in [6.07, 6.45) is 6.52. The molecule has 0 amide bonds. The maximum absolute atomic E-state index is 3.62. The van der Waals surface area contributed by atoms with Gasteiger partial charge in [0.15, 0.2) is 0 Å². The average Bonchev–Trinajstić information content (AvgIpc) is 2.58. The van der Waals surface area contributed by atoms with Gasteiger partial charge in [-0.2, -0.15) is 0 Å². The van der Waals surface area contributed by atoms with E-state index in [1.165, 1.54) is 28.9 Å². The monoisotopic (exact) mass is 369 g/mol. The number of benzene rings is 2. The normalized spacial score (nSPS) is 18.5. The molecule has 2 heterocycles. The Hall–Kier alpha value is -1.78. The molecule has 0 aliphatic carbocycles. The van der Waals surface area contributed by atoms with Gasteiger partial charge in [-0.1, -0.05) is 46.3 Å². The lowest BCUT2D eigenvalue weighted by Crippen LogP contribution is -2.43. The molecule has 0 radical (unpaired) electrons. The molecule has 0 aromatic heterocycles. The molecule has 0 fully saturated rings. The molecule has 0 bridgehead atoms. The number of halogens is 1. The molecule has 0 spiro atoms. The summed E-state index contributed by atoms with van der Waals surface area (Å²) in [6.45, 7) is 1.92. The second-order valence-corrected chi connectivity index (χ2v) is 7.05. The van der Waals surface area contributed by atoms with Gasteiger partial charge in [-0.05, 0) is 36.1 Å². The first-order chi connectivity index (χ1) is 11.3. The lowest BCUT2D eigenvalue weighted by atomic mass is 9.94. The van der Waals surface area contributed by atoms with Crippen LogP contribution in [0.15, 0.2) is 59.3 Å². The highest BCUT2D eigenvalue weighted by Crippen LogP contribution is 2.41. The Labute approximate surface area is 145 Å². The zero-order valence-corrected chi connectivity index (χ0v) is 14.5. The molecule has 2 aliphatic heterocycles. The molecule has 1 unspecified atom stereocenters. The minimum Gasteiger partial charge on any atom is -0.359 e. The van der Waals surface area contributed by atoms with E-state index in [2.05, 4.69) is 80.1 Å². The van der Waals surface area contributed by atoms with Gasteiger partial charge < -0.3 is 15.5 Å². The molecule has 4 rings (SSSR count). The number of nitrogens with zero attached hydrogens (tertiary/aromatic N) is 1. The van der Waals surface area contributed by atoms with Crippen molar-refractivity contribution in [3.63, 3.8) is 0 Å². The third-order valence-electron chi connectivity index (χ3n) is 4.58. The van der Waals surface area contributed by atoms with Gasteiger partial charge in [0.05, 0.1) is 11.4 Å². The first-order valence-electron chi connectivity index (χ1n) is 8.10. The average molecular weight is 370 g/mol. The van der Waals surface area contributed by atoms with Crippen LogP contribution >= 0.6 is 15.9 Å². The van der Waals surface area contributed by atoms with E-state index >= 15 is 0 Å². The zero-order valence-electron chi connectivity index (χ0n) is 12.9. The van der Waals surface area contributed by atoms with Crippen LogP contribution in [0.4, 0.5) is 11.4 Å². The Morgan fingerprint density at radius 2 is 2.09 bits per heavy atom. The third-order valence-corrected chi connectivity index (χ3v) is 5.04. The minimum atomic E-state index is 0.504. The molecule has 2 aliphatic rings. The van der Waals surface area contributed by atoms with Crippen molar-refractivity contribution >= 4 is 27.3 Å². The number of aryl methyl sites for hydroxylation is 1. The fraction of sp³-hybridized carbons (Fsp3) is 0.263. The Bertz CT molecular complexity index is 727. The van der Waals surface area contributed by atoms with Crippen molar-refractivity contribution < 1.29 is 0 Å². The summed E-state index contributed by atoms with van der Waals surface area (Å²) in [4.78, 5) is 2.43. The Morgan fingerprint density at radius 3 is 2.96 bits per heavy atom. The van der Waals surface area contributed by atoms with Crippen LogP contribution in [0.3, 0.4) is 0 Å². The molecule has 118 valence electrons. The van der Waals surface area contributed by atoms with Crippen LogP contribution in [0.25, 0.3) is 0 Å². The summed E-state index contributed by atoms with van der Waals surface area (Å²) >= 11 is 3.61. The van der Waals surface area contributed by atoms with Gasteiger partial charge in [0.25, 0.3) is 0 Å². The lowest BCUT2D eigenvalue weighted by Gasteiger charge is -2.40. The number of anilines is 2. The number of hydrogen-bond acceptors (Lipinski definition) is 3. The van der Waals surface area contributed by atoms with Crippen LogP contribution in [0, 0.1) is 0 Å².